The van der Waals surface area contributed by atoms with Crippen LogP contribution in [0.5, 0.6) is 0 Å². The van der Waals surface area contributed by atoms with Crippen LogP contribution in [0.15, 0.2) is 17.5 Å². The minimum atomic E-state index is -0.136. The van der Waals surface area contributed by atoms with E-state index in [1.54, 1.807) is 11.3 Å². The van der Waals surface area contributed by atoms with Gasteiger partial charge in [-0.3, -0.25) is 0 Å². The van der Waals surface area contributed by atoms with Gasteiger partial charge >= 0.3 is 0 Å². The lowest BCUT2D eigenvalue weighted by atomic mass is 9.74. The molecular weight excluding hydrogens is 218 g/mol. The first-order valence-corrected chi connectivity index (χ1v) is 6.90. The molecule has 1 heterocycles. The summed E-state index contributed by atoms with van der Waals surface area (Å²) in [7, 11) is 1.81. The lowest BCUT2D eigenvalue weighted by Gasteiger charge is -2.42. The SMILES string of the molecule is COC1(C(N)c2cccs2)CCCC(C)C1. The summed E-state index contributed by atoms with van der Waals surface area (Å²) in [6, 6.07) is 4.21. The fourth-order valence-corrected chi connectivity index (χ4v) is 3.70. The summed E-state index contributed by atoms with van der Waals surface area (Å²) in [5, 5.41) is 2.09. The molecule has 1 aliphatic rings. The molecule has 3 unspecified atom stereocenters. The van der Waals surface area contributed by atoms with E-state index in [0.717, 1.165) is 18.8 Å². The Balaban J connectivity index is 2.20. The lowest BCUT2D eigenvalue weighted by Crippen LogP contribution is -2.46. The van der Waals surface area contributed by atoms with E-state index < -0.39 is 0 Å². The van der Waals surface area contributed by atoms with Gasteiger partial charge in [0.1, 0.15) is 0 Å². The topological polar surface area (TPSA) is 35.2 Å². The second-order valence-electron chi connectivity index (χ2n) is 4.96. The monoisotopic (exact) mass is 239 g/mol. The van der Waals surface area contributed by atoms with Crippen molar-refractivity contribution >= 4 is 11.3 Å². The minimum Gasteiger partial charge on any atom is -0.376 e. The zero-order chi connectivity index (χ0) is 11.6. The van der Waals surface area contributed by atoms with Crippen molar-refractivity contribution in [1.29, 1.82) is 0 Å². The van der Waals surface area contributed by atoms with Crippen LogP contribution in [-0.2, 0) is 4.74 Å². The first kappa shape index (κ1) is 12.1. The van der Waals surface area contributed by atoms with Gasteiger partial charge in [0.15, 0.2) is 0 Å². The Bertz CT molecular complexity index is 325. The van der Waals surface area contributed by atoms with Crippen molar-refractivity contribution < 1.29 is 4.74 Å². The molecule has 0 saturated heterocycles. The van der Waals surface area contributed by atoms with Crippen molar-refractivity contribution in [3.8, 4) is 0 Å². The van der Waals surface area contributed by atoms with Gasteiger partial charge in [-0.25, -0.2) is 0 Å². The molecule has 0 bridgehead atoms. The van der Waals surface area contributed by atoms with Gasteiger partial charge in [0.05, 0.1) is 11.6 Å². The van der Waals surface area contributed by atoms with E-state index in [1.165, 1.54) is 17.7 Å². The molecule has 1 aliphatic carbocycles. The molecule has 0 spiro atoms. The first-order chi connectivity index (χ1) is 7.68. The molecule has 3 atom stereocenters. The molecule has 1 fully saturated rings. The van der Waals surface area contributed by atoms with Crippen LogP contribution in [-0.4, -0.2) is 12.7 Å². The lowest BCUT2D eigenvalue weighted by molar-refractivity contribution is -0.0711. The predicted octanol–water partition coefficient (Wildman–Crippen LogP) is 3.34. The highest BCUT2D eigenvalue weighted by atomic mass is 32.1. The Morgan fingerprint density at radius 3 is 3.00 bits per heavy atom. The van der Waals surface area contributed by atoms with Crippen LogP contribution < -0.4 is 5.73 Å². The highest BCUT2D eigenvalue weighted by Gasteiger charge is 2.41. The number of rotatable bonds is 3. The highest BCUT2D eigenvalue weighted by molar-refractivity contribution is 7.10. The molecule has 1 saturated carbocycles. The van der Waals surface area contributed by atoms with Crippen molar-refractivity contribution in [3.63, 3.8) is 0 Å². The fraction of sp³-hybridized carbons (Fsp3) is 0.692. The van der Waals surface area contributed by atoms with Crippen molar-refractivity contribution in [2.75, 3.05) is 7.11 Å². The van der Waals surface area contributed by atoms with Crippen LogP contribution in [0.4, 0.5) is 0 Å². The molecule has 16 heavy (non-hydrogen) atoms. The average molecular weight is 239 g/mol. The number of ether oxygens (including phenoxy) is 1. The van der Waals surface area contributed by atoms with Crippen molar-refractivity contribution in [2.45, 2.75) is 44.2 Å². The van der Waals surface area contributed by atoms with E-state index in [2.05, 4.69) is 24.4 Å². The third-order valence-corrected chi connectivity index (χ3v) is 4.77. The van der Waals surface area contributed by atoms with Gasteiger partial charge in [-0.05, 0) is 30.2 Å². The molecule has 1 aromatic heterocycles. The minimum absolute atomic E-state index is 0.0280. The number of thiophene rings is 1. The van der Waals surface area contributed by atoms with Crippen LogP contribution in [0.3, 0.4) is 0 Å². The predicted molar refractivity (Wildman–Crippen MR) is 68.6 cm³/mol. The third-order valence-electron chi connectivity index (χ3n) is 3.81. The van der Waals surface area contributed by atoms with Crippen LogP contribution in [0.25, 0.3) is 0 Å². The van der Waals surface area contributed by atoms with Crippen LogP contribution in [0, 0.1) is 5.92 Å². The Morgan fingerprint density at radius 1 is 1.62 bits per heavy atom. The summed E-state index contributed by atoms with van der Waals surface area (Å²) < 4.78 is 5.82. The molecule has 90 valence electrons. The summed E-state index contributed by atoms with van der Waals surface area (Å²) in [6.45, 7) is 2.30. The zero-order valence-electron chi connectivity index (χ0n) is 10.1. The smallest absolute Gasteiger partial charge is 0.0880 e. The second-order valence-corrected chi connectivity index (χ2v) is 5.94. The van der Waals surface area contributed by atoms with E-state index in [4.69, 9.17) is 10.5 Å². The van der Waals surface area contributed by atoms with Gasteiger partial charge in [0.25, 0.3) is 0 Å². The number of methoxy groups -OCH3 is 1. The summed E-state index contributed by atoms with van der Waals surface area (Å²) >= 11 is 1.73. The van der Waals surface area contributed by atoms with Crippen LogP contribution in [0.2, 0.25) is 0 Å². The molecule has 1 aromatic rings. The molecule has 2 nitrogen and oxygen atoms in total. The molecule has 0 aromatic carbocycles. The standard InChI is InChI=1S/C13H21NOS/c1-10-5-3-7-13(9-10,15-2)12(14)11-6-4-8-16-11/h4,6,8,10,12H,3,5,7,9,14H2,1-2H3. The summed E-state index contributed by atoms with van der Waals surface area (Å²) in [5.41, 5.74) is 6.27. The maximum atomic E-state index is 6.41. The Morgan fingerprint density at radius 2 is 2.44 bits per heavy atom. The van der Waals surface area contributed by atoms with Crippen molar-refractivity contribution in [2.24, 2.45) is 11.7 Å². The van der Waals surface area contributed by atoms with Crippen molar-refractivity contribution in [3.05, 3.63) is 22.4 Å². The molecule has 0 amide bonds. The molecule has 3 heteroatoms. The third kappa shape index (κ3) is 2.17. The highest BCUT2D eigenvalue weighted by Crippen LogP contribution is 2.42. The zero-order valence-corrected chi connectivity index (χ0v) is 10.9. The van der Waals surface area contributed by atoms with Gasteiger partial charge in [-0.2, -0.15) is 0 Å². The van der Waals surface area contributed by atoms with Crippen molar-refractivity contribution in [1.82, 2.24) is 0 Å². The first-order valence-electron chi connectivity index (χ1n) is 6.02. The Hall–Kier alpha value is -0.380. The van der Waals surface area contributed by atoms with Gasteiger partial charge in [0, 0.05) is 12.0 Å². The van der Waals surface area contributed by atoms with E-state index >= 15 is 0 Å². The second kappa shape index (κ2) is 4.86. The fourth-order valence-electron chi connectivity index (χ4n) is 2.87. The maximum Gasteiger partial charge on any atom is 0.0880 e. The number of hydrogen-bond donors (Lipinski definition) is 1. The number of nitrogens with two attached hydrogens (primary N) is 1. The maximum absolute atomic E-state index is 6.41. The van der Waals surface area contributed by atoms with Crippen LogP contribution >= 0.6 is 11.3 Å². The molecular formula is C13H21NOS. The van der Waals surface area contributed by atoms with E-state index in [-0.39, 0.29) is 11.6 Å². The van der Waals surface area contributed by atoms with E-state index in [0.29, 0.717) is 0 Å². The normalized spacial score (nSPS) is 32.6. The largest absolute Gasteiger partial charge is 0.376 e. The quantitative estimate of drug-likeness (QED) is 0.878. The molecule has 2 rings (SSSR count). The summed E-state index contributed by atoms with van der Waals surface area (Å²) in [6.07, 6.45) is 4.71. The van der Waals surface area contributed by atoms with Gasteiger partial charge in [-0.1, -0.05) is 25.8 Å². The molecule has 0 radical (unpaired) electrons. The average Bonchev–Trinajstić information content (AvgIpc) is 2.81. The van der Waals surface area contributed by atoms with E-state index in [9.17, 15) is 0 Å². The van der Waals surface area contributed by atoms with Crippen LogP contribution in [0.1, 0.15) is 43.5 Å². The van der Waals surface area contributed by atoms with Gasteiger partial charge < -0.3 is 10.5 Å². The Kier molecular flexibility index (Phi) is 3.67. The molecule has 2 N–H and O–H groups in total. The molecule has 0 aliphatic heterocycles. The van der Waals surface area contributed by atoms with Gasteiger partial charge in [0.2, 0.25) is 0 Å². The summed E-state index contributed by atoms with van der Waals surface area (Å²) in [5.74, 6) is 0.722. The van der Waals surface area contributed by atoms with E-state index in [1.807, 2.05) is 7.11 Å². The van der Waals surface area contributed by atoms with Gasteiger partial charge in [-0.15, -0.1) is 11.3 Å². The number of hydrogen-bond acceptors (Lipinski definition) is 3. The Labute approximate surface area is 102 Å². The summed E-state index contributed by atoms with van der Waals surface area (Å²) in [4.78, 5) is 1.25.